The Kier molecular flexibility index (Phi) is 4.06. The maximum Gasteiger partial charge on any atom is 0.261 e. The molecule has 0 aliphatic rings. The lowest BCUT2D eigenvalue weighted by atomic mass is 10.2. The zero-order chi connectivity index (χ0) is 13.8. The Hall–Kier alpha value is -2.02. The van der Waals surface area contributed by atoms with Crippen LogP contribution in [0.4, 0.5) is 5.69 Å². The first kappa shape index (κ1) is 13.4. The highest BCUT2D eigenvalue weighted by Gasteiger charge is 2.17. The Balaban J connectivity index is 2.29. The highest BCUT2D eigenvalue weighted by atomic mass is 32.2. The van der Waals surface area contributed by atoms with Gasteiger partial charge in [-0.1, -0.05) is 11.8 Å². The highest BCUT2D eigenvalue weighted by molar-refractivity contribution is 7.98. The van der Waals surface area contributed by atoms with Crippen molar-refractivity contribution in [2.45, 2.75) is 12.1 Å². The van der Waals surface area contributed by atoms with Gasteiger partial charge in [-0.2, -0.15) is 10.2 Å². The van der Waals surface area contributed by atoms with Gasteiger partial charge in [-0.15, -0.1) is 0 Å². The molecule has 2 heterocycles. The van der Waals surface area contributed by atoms with E-state index in [-0.39, 0.29) is 5.91 Å². The van der Waals surface area contributed by atoms with E-state index in [2.05, 4.69) is 20.2 Å². The van der Waals surface area contributed by atoms with Gasteiger partial charge in [0, 0.05) is 13.2 Å². The summed E-state index contributed by atoms with van der Waals surface area (Å²) in [5, 5.41) is 8.09. The number of carbonyl (C=O) groups excluding carboxylic acids is 1. The molecule has 0 radical (unpaired) electrons. The molecule has 0 saturated heterocycles. The molecule has 0 N–H and O–H groups in total. The van der Waals surface area contributed by atoms with Crippen LogP contribution in [0.2, 0.25) is 0 Å². The van der Waals surface area contributed by atoms with Gasteiger partial charge in [0.15, 0.2) is 5.16 Å². The zero-order valence-electron chi connectivity index (χ0n) is 10.9. The van der Waals surface area contributed by atoms with E-state index in [1.54, 1.807) is 32.4 Å². The summed E-state index contributed by atoms with van der Waals surface area (Å²) in [6.07, 6.45) is 6.52. The summed E-state index contributed by atoms with van der Waals surface area (Å²) >= 11 is 1.44. The van der Waals surface area contributed by atoms with Crippen molar-refractivity contribution in [3.63, 3.8) is 0 Å². The van der Waals surface area contributed by atoms with Crippen LogP contribution in [0.25, 0.3) is 0 Å². The second-order valence-electron chi connectivity index (χ2n) is 3.82. The summed E-state index contributed by atoms with van der Waals surface area (Å²) in [5.41, 5.74) is 1.82. The minimum atomic E-state index is -0.168. The van der Waals surface area contributed by atoms with E-state index in [1.807, 2.05) is 6.26 Å². The van der Waals surface area contributed by atoms with Gasteiger partial charge in [0.05, 0.1) is 29.3 Å². The van der Waals surface area contributed by atoms with Crippen molar-refractivity contribution in [1.82, 2.24) is 20.2 Å². The molecule has 0 fully saturated rings. The number of aromatic nitrogens is 4. The van der Waals surface area contributed by atoms with E-state index in [0.717, 1.165) is 0 Å². The number of carbonyl (C=O) groups is 1. The van der Waals surface area contributed by atoms with E-state index in [0.29, 0.717) is 22.1 Å². The summed E-state index contributed by atoms with van der Waals surface area (Å²) < 4.78 is 0. The van der Waals surface area contributed by atoms with Crippen LogP contribution in [0, 0.1) is 6.92 Å². The number of aryl methyl sites for hydroxylation is 1. The minimum Gasteiger partial charge on any atom is -0.310 e. The van der Waals surface area contributed by atoms with Crippen LogP contribution < -0.4 is 4.90 Å². The Morgan fingerprint density at radius 2 is 2.11 bits per heavy atom. The molecule has 7 heteroatoms. The lowest BCUT2D eigenvalue weighted by Crippen LogP contribution is -2.27. The van der Waals surface area contributed by atoms with Gasteiger partial charge in [0.1, 0.15) is 0 Å². The van der Waals surface area contributed by atoms with Crippen molar-refractivity contribution in [1.29, 1.82) is 0 Å². The highest BCUT2D eigenvalue weighted by Crippen LogP contribution is 2.16. The summed E-state index contributed by atoms with van der Waals surface area (Å²) in [6, 6.07) is 1.72. The standard InChI is InChI=1S/C12H13N5OS/c1-8-10(7-13-12(16-8)19-3)11(18)17(2)9-4-5-14-15-6-9/h4-7H,1-3H3. The molecule has 2 rings (SSSR count). The van der Waals surface area contributed by atoms with Crippen LogP contribution in [0.15, 0.2) is 29.8 Å². The smallest absolute Gasteiger partial charge is 0.261 e. The van der Waals surface area contributed by atoms with Gasteiger partial charge in [-0.3, -0.25) is 4.79 Å². The number of rotatable bonds is 3. The van der Waals surface area contributed by atoms with Gasteiger partial charge in [0.2, 0.25) is 0 Å². The Morgan fingerprint density at radius 3 is 2.68 bits per heavy atom. The van der Waals surface area contributed by atoms with Crippen molar-refractivity contribution >= 4 is 23.4 Å². The molecular weight excluding hydrogens is 262 g/mol. The number of hydrogen-bond acceptors (Lipinski definition) is 6. The molecule has 19 heavy (non-hydrogen) atoms. The molecule has 2 aromatic rings. The Labute approximate surface area is 115 Å². The molecule has 0 saturated carbocycles. The molecule has 0 aromatic carbocycles. The minimum absolute atomic E-state index is 0.168. The molecule has 6 nitrogen and oxygen atoms in total. The monoisotopic (exact) mass is 275 g/mol. The number of hydrogen-bond donors (Lipinski definition) is 0. The largest absolute Gasteiger partial charge is 0.310 e. The maximum atomic E-state index is 12.4. The normalized spacial score (nSPS) is 10.3. The molecule has 0 bridgehead atoms. The van der Waals surface area contributed by atoms with E-state index in [9.17, 15) is 4.79 Å². The van der Waals surface area contributed by atoms with E-state index >= 15 is 0 Å². The molecule has 98 valence electrons. The summed E-state index contributed by atoms with van der Waals surface area (Å²) in [6.45, 7) is 1.80. The topological polar surface area (TPSA) is 71.9 Å². The van der Waals surface area contributed by atoms with Gasteiger partial charge < -0.3 is 4.90 Å². The second-order valence-corrected chi connectivity index (χ2v) is 4.59. The van der Waals surface area contributed by atoms with Crippen molar-refractivity contribution in [2.24, 2.45) is 0 Å². The predicted molar refractivity (Wildman–Crippen MR) is 73.3 cm³/mol. The van der Waals surface area contributed by atoms with Gasteiger partial charge >= 0.3 is 0 Å². The molecule has 0 spiro atoms. The average molecular weight is 275 g/mol. The van der Waals surface area contributed by atoms with Crippen LogP contribution in [-0.4, -0.2) is 39.4 Å². The second kappa shape index (κ2) is 5.75. The number of amides is 1. The van der Waals surface area contributed by atoms with Crippen molar-refractivity contribution < 1.29 is 4.79 Å². The van der Waals surface area contributed by atoms with Crippen LogP contribution in [0.5, 0.6) is 0 Å². The third-order valence-corrected chi connectivity index (χ3v) is 3.19. The first-order valence-corrected chi connectivity index (χ1v) is 6.78. The molecule has 1 amide bonds. The summed E-state index contributed by atoms with van der Waals surface area (Å²) in [7, 11) is 1.68. The summed E-state index contributed by atoms with van der Waals surface area (Å²) in [5.74, 6) is -0.168. The Bertz CT molecular complexity index is 590. The lowest BCUT2D eigenvalue weighted by molar-refractivity contribution is 0.0991. The fourth-order valence-corrected chi connectivity index (χ4v) is 1.92. The third kappa shape index (κ3) is 2.87. The van der Waals surface area contributed by atoms with E-state index in [4.69, 9.17) is 0 Å². The molecule has 0 unspecified atom stereocenters. The Morgan fingerprint density at radius 1 is 1.32 bits per heavy atom. The van der Waals surface area contributed by atoms with Crippen molar-refractivity contribution in [2.75, 3.05) is 18.2 Å². The molecule has 0 aliphatic heterocycles. The van der Waals surface area contributed by atoms with E-state index < -0.39 is 0 Å². The summed E-state index contributed by atoms with van der Waals surface area (Å²) in [4.78, 5) is 22.3. The molecule has 2 aromatic heterocycles. The number of anilines is 1. The fraction of sp³-hybridized carbons (Fsp3) is 0.250. The first-order chi connectivity index (χ1) is 9.13. The van der Waals surface area contributed by atoms with Crippen LogP contribution in [0.3, 0.4) is 0 Å². The van der Waals surface area contributed by atoms with Gasteiger partial charge in [-0.25, -0.2) is 9.97 Å². The van der Waals surface area contributed by atoms with Gasteiger partial charge in [0.25, 0.3) is 5.91 Å². The SMILES string of the molecule is CSc1ncc(C(=O)N(C)c2ccnnc2)c(C)n1. The van der Waals surface area contributed by atoms with Crippen LogP contribution in [-0.2, 0) is 0 Å². The number of thioether (sulfide) groups is 1. The van der Waals surface area contributed by atoms with E-state index in [1.165, 1.54) is 22.9 Å². The zero-order valence-corrected chi connectivity index (χ0v) is 11.7. The lowest BCUT2D eigenvalue weighted by Gasteiger charge is -2.17. The van der Waals surface area contributed by atoms with Gasteiger partial charge in [-0.05, 0) is 19.2 Å². The first-order valence-electron chi connectivity index (χ1n) is 5.56. The third-order valence-electron chi connectivity index (χ3n) is 2.63. The van der Waals surface area contributed by atoms with Crippen molar-refractivity contribution in [3.05, 3.63) is 35.9 Å². The van der Waals surface area contributed by atoms with Crippen LogP contribution in [0.1, 0.15) is 16.1 Å². The predicted octanol–water partition coefficient (Wildman–Crippen LogP) is 1.57. The molecule has 0 aliphatic carbocycles. The molecule has 0 atom stereocenters. The van der Waals surface area contributed by atoms with Crippen molar-refractivity contribution in [3.8, 4) is 0 Å². The number of nitrogens with zero attached hydrogens (tertiary/aromatic N) is 5. The maximum absolute atomic E-state index is 12.4. The quantitative estimate of drug-likeness (QED) is 0.625. The average Bonchev–Trinajstić information content (AvgIpc) is 2.46. The van der Waals surface area contributed by atoms with Crippen LogP contribution >= 0.6 is 11.8 Å². The molecular formula is C12H13N5OS. The fourth-order valence-electron chi connectivity index (χ4n) is 1.53.